The normalized spacial score (nSPS) is 10.3. The molecule has 0 spiro atoms. The van der Waals surface area contributed by atoms with E-state index in [1.807, 2.05) is 6.07 Å². The molecule has 0 unspecified atom stereocenters. The molecule has 6 nitrogen and oxygen atoms in total. The van der Waals surface area contributed by atoms with Gasteiger partial charge in [0.05, 0.1) is 12.9 Å². The molecule has 7 heteroatoms. The molecule has 0 fully saturated rings. The number of aromatic nitrogens is 4. The van der Waals surface area contributed by atoms with Gasteiger partial charge in [0, 0.05) is 17.8 Å². The van der Waals surface area contributed by atoms with Crippen LogP contribution in [0, 0.1) is 0 Å². The molecule has 0 atom stereocenters. The Morgan fingerprint density at radius 2 is 2.28 bits per heavy atom. The van der Waals surface area contributed by atoms with E-state index in [1.165, 1.54) is 18.7 Å². The van der Waals surface area contributed by atoms with Crippen molar-refractivity contribution in [2.45, 2.75) is 12.1 Å². The number of hydrogen-bond donors (Lipinski definition) is 1. The fourth-order valence-corrected chi connectivity index (χ4v) is 1.86. The number of ether oxygens (including phenoxy) is 1. The van der Waals surface area contributed by atoms with Crippen molar-refractivity contribution in [1.82, 2.24) is 20.2 Å². The highest BCUT2D eigenvalue weighted by Crippen LogP contribution is 2.19. The molecule has 0 aliphatic rings. The monoisotopic (exact) mass is 264 g/mol. The zero-order valence-corrected chi connectivity index (χ0v) is 10.8. The molecule has 2 aromatic rings. The molecule has 1 N–H and O–H groups in total. The van der Waals surface area contributed by atoms with Gasteiger partial charge in [0.1, 0.15) is 5.78 Å². The summed E-state index contributed by atoms with van der Waals surface area (Å²) < 4.78 is 4.98. The maximum absolute atomic E-state index is 10.9. The summed E-state index contributed by atoms with van der Waals surface area (Å²) in [6, 6.07) is 3.59. The van der Waals surface area contributed by atoms with Crippen LogP contribution in [0.4, 0.5) is 0 Å². The molecule has 0 radical (unpaired) electrons. The highest BCUT2D eigenvalue weighted by atomic mass is 32.2. The lowest BCUT2D eigenvalue weighted by molar-refractivity contribution is -0.114. The molecule has 2 rings (SSSR count). The van der Waals surface area contributed by atoms with Gasteiger partial charge in [-0.2, -0.15) is 0 Å². The average molecular weight is 264 g/mol. The molecule has 18 heavy (non-hydrogen) atoms. The number of ketones is 1. The molecule has 94 valence electrons. The number of hydrogen-bond acceptors (Lipinski definition) is 6. The van der Waals surface area contributed by atoms with Crippen molar-refractivity contribution in [2.75, 3.05) is 12.9 Å². The fourth-order valence-electron chi connectivity index (χ4n) is 1.25. The Bertz CT molecular complexity index is 538. The summed E-state index contributed by atoms with van der Waals surface area (Å²) in [6.45, 7) is 1.54. The van der Waals surface area contributed by atoms with Crippen LogP contribution in [-0.4, -0.2) is 38.8 Å². The lowest BCUT2D eigenvalue weighted by Gasteiger charge is -1.98. The summed E-state index contributed by atoms with van der Waals surface area (Å²) in [6.07, 6.45) is 1.65. The van der Waals surface area contributed by atoms with E-state index in [4.69, 9.17) is 4.74 Å². The van der Waals surface area contributed by atoms with Gasteiger partial charge in [0.25, 0.3) is 0 Å². The van der Waals surface area contributed by atoms with E-state index in [-0.39, 0.29) is 5.78 Å². The first-order valence-corrected chi connectivity index (χ1v) is 6.23. The second-order valence-electron chi connectivity index (χ2n) is 3.56. The van der Waals surface area contributed by atoms with E-state index >= 15 is 0 Å². The SMILES string of the molecule is COc1ccc(-c2nnc(SCC(C)=O)[nH]2)cn1. The van der Waals surface area contributed by atoms with Gasteiger partial charge < -0.3 is 9.72 Å². The Morgan fingerprint density at radius 1 is 1.44 bits per heavy atom. The van der Waals surface area contributed by atoms with Gasteiger partial charge in [-0.3, -0.25) is 4.79 Å². The van der Waals surface area contributed by atoms with E-state index < -0.39 is 0 Å². The number of methoxy groups -OCH3 is 1. The quantitative estimate of drug-likeness (QED) is 0.825. The standard InChI is InChI=1S/C11H12N4O2S/c1-7(16)6-18-11-13-10(14-15-11)8-3-4-9(17-2)12-5-8/h3-5H,6H2,1-2H3,(H,13,14,15). The van der Waals surface area contributed by atoms with Gasteiger partial charge in [0.15, 0.2) is 11.0 Å². The summed E-state index contributed by atoms with van der Waals surface area (Å²) in [4.78, 5) is 18.0. The number of nitrogens with zero attached hydrogens (tertiary/aromatic N) is 3. The van der Waals surface area contributed by atoms with E-state index in [1.54, 1.807) is 19.4 Å². The van der Waals surface area contributed by atoms with Crippen LogP contribution in [0.2, 0.25) is 0 Å². The van der Waals surface area contributed by atoms with Crippen molar-refractivity contribution in [3.05, 3.63) is 18.3 Å². The van der Waals surface area contributed by atoms with Gasteiger partial charge in [-0.15, -0.1) is 10.2 Å². The minimum atomic E-state index is 0.101. The maximum Gasteiger partial charge on any atom is 0.212 e. The third kappa shape index (κ3) is 3.07. The van der Waals surface area contributed by atoms with Crippen molar-refractivity contribution in [2.24, 2.45) is 0 Å². The van der Waals surface area contributed by atoms with Crippen LogP contribution in [0.1, 0.15) is 6.92 Å². The minimum absolute atomic E-state index is 0.101. The average Bonchev–Trinajstić information content (AvgIpc) is 2.85. The lowest BCUT2D eigenvalue weighted by Crippen LogP contribution is -1.93. The number of thioether (sulfide) groups is 1. The maximum atomic E-state index is 10.9. The summed E-state index contributed by atoms with van der Waals surface area (Å²) in [7, 11) is 1.56. The number of nitrogens with one attached hydrogen (secondary N) is 1. The summed E-state index contributed by atoms with van der Waals surface area (Å²) >= 11 is 1.33. The second kappa shape index (κ2) is 5.63. The van der Waals surface area contributed by atoms with Gasteiger partial charge >= 0.3 is 0 Å². The zero-order valence-electron chi connectivity index (χ0n) is 10.0. The molecule has 0 aliphatic heterocycles. The second-order valence-corrected chi connectivity index (χ2v) is 4.52. The molecule has 0 aromatic carbocycles. The first-order chi connectivity index (χ1) is 8.69. The topological polar surface area (TPSA) is 80.8 Å². The first kappa shape index (κ1) is 12.6. The number of H-pyrrole nitrogens is 1. The first-order valence-electron chi connectivity index (χ1n) is 5.24. The summed E-state index contributed by atoms with van der Waals surface area (Å²) in [5, 5.41) is 8.58. The van der Waals surface area contributed by atoms with Crippen molar-refractivity contribution in [1.29, 1.82) is 0 Å². The van der Waals surface area contributed by atoms with E-state index in [0.29, 0.717) is 22.6 Å². The van der Waals surface area contributed by atoms with Gasteiger partial charge in [0.2, 0.25) is 5.88 Å². The van der Waals surface area contributed by atoms with Crippen LogP contribution in [0.15, 0.2) is 23.5 Å². The van der Waals surface area contributed by atoms with Crippen LogP contribution >= 0.6 is 11.8 Å². The summed E-state index contributed by atoms with van der Waals surface area (Å²) in [5.74, 6) is 1.65. The number of carbonyl (C=O) groups excluding carboxylic acids is 1. The Kier molecular flexibility index (Phi) is 3.93. The molecule has 2 heterocycles. The molecule has 0 bridgehead atoms. The Morgan fingerprint density at radius 3 is 2.89 bits per heavy atom. The molecule has 0 aliphatic carbocycles. The molecule has 0 amide bonds. The van der Waals surface area contributed by atoms with Crippen molar-refractivity contribution in [3.8, 4) is 17.3 Å². The Labute approximate surface area is 108 Å². The van der Waals surface area contributed by atoms with Crippen LogP contribution in [-0.2, 0) is 4.79 Å². The third-order valence-electron chi connectivity index (χ3n) is 2.10. The number of carbonyl (C=O) groups is 1. The van der Waals surface area contributed by atoms with Crippen LogP contribution in [0.5, 0.6) is 5.88 Å². The number of aromatic amines is 1. The van der Waals surface area contributed by atoms with Crippen LogP contribution in [0.25, 0.3) is 11.4 Å². The van der Waals surface area contributed by atoms with Crippen LogP contribution in [0.3, 0.4) is 0 Å². The lowest BCUT2D eigenvalue weighted by atomic mass is 10.3. The predicted molar refractivity (Wildman–Crippen MR) is 67.6 cm³/mol. The predicted octanol–water partition coefficient (Wildman–Crippen LogP) is 1.56. The van der Waals surface area contributed by atoms with E-state index in [9.17, 15) is 4.79 Å². The van der Waals surface area contributed by atoms with Crippen molar-refractivity contribution < 1.29 is 9.53 Å². The van der Waals surface area contributed by atoms with E-state index in [0.717, 1.165) is 5.56 Å². The number of Topliss-reactive ketones (excluding diaryl/α,β-unsaturated/α-hetero) is 1. The smallest absolute Gasteiger partial charge is 0.212 e. The van der Waals surface area contributed by atoms with E-state index in [2.05, 4.69) is 20.2 Å². The molecular formula is C11H12N4O2S. The van der Waals surface area contributed by atoms with Gasteiger partial charge in [-0.05, 0) is 13.0 Å². The van der Waals surface area contributed by atoms with Gasteiger partial charge in [-0.25, -0.2) is 4.98 Å². The minimum Gasteiger partial charge on any atom is -0.481 e. The molecule has 0 saturated heterocycles. The van der Waals surface area contributed by atoms with Crippen molar-refractivity contribution >= 4 is 17.5 Å². The van der Waals surface area contributed by atoms with Crippen LogP contribution < -0.4 is 4.74 Å². The molecule has 2 aromatic heterocycles. The van der Waals surface area contributed by atoms with Gasteiger partial charge in [-0.1, -0.05) is 11.8 Å². The largest absolute Gasteiger partial charge is 0.481 e. The Balaban J connectivity index is 2.10. The number of rotatable bonds is 5. The third-order valence-corrected chi connectivity index (χ3v) is 3.11. The van der Waals surface area contributed by atoms with Crippen molar-refractivity contribution in [3.63, 3.8) is 0 Å². The highest BCUT2D eigenvalue weighted by Gasteiger charge is 2.07. The molecule has 0 saturated carbocycles. The molecular weight excluding hydrogens is 252 g/mol. The fraction of sp³-hybridized carbons (Fsp3) is 0.273. The zero-order chi connectivity index (χ0) is 13.0. The number of pyridine rings is 1. The highest BCUT2D eigenvalue weighted by molar-refractivity contribution is 7.99. The summed E-state index contributed by atoms with van der Waals surface area (Å²) in [5.41, 5.74) is 0.818. The Hall–Kier alpha value is -1.89.